The van der Waals surface area contributed by atoms with E-state index in [4.69, 9.17) is 23.2 Å². The average molecular weight is 392 g/mol. The van der Waals surface area contributed by atoms with Gasteiger partial charge in [0, 0.05) is 39.3 Å². The second-order valence-corrected chi connectivity index (χ2v) is 9.75. The summed E-state index contributed by atoms with van der Waals surface area (Å²) in [4.78, 5) is 2.57. The molecule has 5 nitrogen and oxygen atoms in total. The monoisotopic (exact) mass is 391 g/mol. The van der Waals surface area contributed by atoms with Crippen LogP contribution < -0.4 is 5.32 Å². The van der Waals surface area contributed by atoms with Crippen LogP contribution in [0.5, 0.6) is 0 Å². The SMILES string of the molecule is CC1(CN2CCN(S(=O)(=O)c3ccc(Cl)c(Cl)c3)CC2)CCNC1. The van der Waals surface area contributed by atoms with E-state index < -0.39 is 10.0 Å². The molecule has 0 amide bonds. The Balaban J connectivity index is 1.64. The molecule has 2 aliphatic heterocycles. The van der Waals surface area contributed by atoms with Crippen LogP contribution in [0.15, 0.2) is 23.1 Å². The number of piperazine rings is 1. The minimum absolute atomic E-state index is 0.206. The van der Waals surface area contributed by atoms with Crippen molar-refractivity contribution in [3.63, 3.8) is 0 Å². The lowest BCUT2D eigenvalue weighted by atomic mass is 9.89. The van der Waals surface area contributed by atoms with E-state index in [2.05, 4.69) is 17.1 Å². The first-order valence-corrected chi connectivity index (χ1v) is 10.4. The lowest BCUT2D eigenvalue weighted by Crippen LogP contribution is -2.51. The summed E-state index contributed by atoms with van der Waals surface area (Å²) in [6, 6.07) is 4.47. The second-order valence-electron chi connectivity index (χ2n) is 6.99. The second kappa shape index (κ2) is 7.09. The average Bonchev–Trinajstić information content (AvgIpc) is 2.96. The molecule has 0 saturated carbocycles. The highest BCUT2D eigenvalue weighted by Crippen LogP contribution is 2.28. The van der Waals surface area contributed by atoms with Crippen LogP contribution in [0.2, 0.25) is 10.0 Å². The Bertz CT molecular complexity index is 697. The van der Waals surface area contributed by atoms with Crippen LogP contribution >= 0.6 is 23.2 Å². The molecule has 2 heterocycles. The molecule has 2 saturated heterocycles. The Morgan fingerprint density at radius 1 is 1.17 bits per heavy atom. The van der Waals surface area contributed by atoms with Crippen molar-refractivity contribution in [3.8, 4) is 0 Å². The van der Waals surface area contributed by atoms with Crippen LogP contribution in [0, 0.1) is 5.41 Å². The maximum atomic E-state index is 12.8. The molecule has 2 fully saturated rings. The van der Waals surface area contributed by atoms with E-state index in [1.807, 2.05) is 0 Å². The summed E-state index contributed by atoms with van der Waals surface area (Å²) < 4.78 is 27.1. The highest BCUT2D eigenvalue weighted by atomic mass is 35.5. The quantitative estimate of drug-likeness (QED) is 0.855. The predicted octanol–water partition coefficient (Wildman–Crippen LogP) is 2.30. The number of sulfonamides is 1. The Kier molecular flexibility index (Phi) is 5.45. The number of halogens is 2. The van der Waals surface area contributed by atoms with Gasteiger partial charge in [-0.05, 0) is 36.6 Å². The fourth-order valence-corrected chi connectivity index (χ4v) is 5.27. The van der Waals surface area contributed by atoms with Gasteiger partial charge in [-0.2, -0.15) is 4.31 Å². The molecule has 2 aliphatic rings. The lowest BCUT2D eigenvalue weighted by Gasteiger charge is -2.38. The van der Waals surface area contributed by atoms with Gasteiger partial charge >= 0.3 is 0 Å². The standard InChI is InChI=1S/C16H23Cl2N3O2S/c1-16(4-5-19-11-16)12-20-6-8-21(9-7-20)24(22,23)13-2-3-14(17)15(18)10-13/h2-3,10,19H,4-9,11-12H2,1H3. The number of rotatable bonds is 4. The van der Waals surface area contributed by atoms with Crippen molar-refractivity contribution >= 4 is 33.2 Å². The maximum Gasteiger partial charge on any atom is 0.243 e. The summed E-state index contributed by atoms with van der Waals surface area (Å²) in [5.41, 5.74) is 0.296. The first-order chi connectivity index (χ1) is 11.3. The van der Waals surface area contributed by atoms with Gasteiger partial charge in [0.1, 0.15) is 0 Å². The molecule has 0 aliphatic carbocycles. The summed E-state index contributed by atoms with van der Waals surface area (Å²) >= 11 is 11.8. The van der Waals surface area contributed by atoms with Crippen molar-refractivity contribution in [2.24, 2.45) is 5.41 Å². The van der Waals surface area contributed by atoms with Crippen LogP contribution in [0.3, 0.4) is 0 Å². The van der Waals surface area contributed by atoms with Crippen molar-refractivity contribution < 1.29 is 8.42 Å². The van der Waals surface area contributed by atoms with E-state index in [9.17, 15) is 8.42 Å². The molecular weight excluding hydrogens is 369 g/mol. The topological polar surface area (TPSA) is 52.7 Å². The van der Waals surface area contributed by atoms with Gasteiger partial charge in [-0.15, -0.1) is 0 Å². The van der Waals surface area contributed by atoms with E-state index in [0.717, 1.165) is 32.7 Å². The van der Waals surface area contributed by atoms with Crippen LogP contribution in [0.1, 0.15) is 13.3 Å². The van der Waals surface area contributed by atoms with E-state index in [-0.39, 0.29) is 9.92 Å². The maximum absolute atomic E-state index is 12.8. The smallest absolute Gasteiger partial charge is 0.243 e. The Hall–Kier alpha value is -0.370. The highest BCUT2D eigenvalue weighted by Gasteiger charge is 2.34. The molecule has 0 spiro atoms. The number of hydrogen-bond acceptors (Lipinski definition) is 4. The first-order valence-electron chi connectivity index (χ1n) is 8.18. The van der Waals surface area contributed by atoms with E-state index in [1.54, 1.807) is 0 Å². The third-order valence-corrected chi connectivity index (χ3v) is 7.56. The van der Waals surface area contributed by atoms with Gasteiger partial charge in [-0.1, -0.05) is 30.1 Å². The minimum atomic E-state index is -3.52. The molecule has 8 heteroatoms. The molecule has 0 aromatic heterocycles. The van der Waals surface area contributed by atoms with Crippen molar-refractivity contribution in [1.82, 2.24) is 14.5 Å². The molecule has 1 aromatic rings. The molecule has 1 atom stereocenters. The number of benzene rings is 1. The van der Waals surface area contributed by atoms with E-state index in [0.29, 0.717) is 23.5 Å². The summed E-state index contributed by atoms with van der Waals surface area (Å²) in [5.74, 6) is 0. The minimum Gasteiger partial charge on any atom is -0.316 e. The lowest BCUT2D eigenvalue weighted by molar-refractivity contribution is 0.132. The fourth-order valence-electron chi connectivity index (χ4n) is 3.46. The van der Waals surface area contributed by atoms with Crippen molar-refractivity contribution in [2.45, 2.75) is 18.2 Å². The zero-order chi connectivity index (χ0) is 17.4. The normalized spacial score (nSPS) is 26.8. The molecule has 0 bridgehead atoms. The summed E-state index contributed by atoms with van der Waals surface area (Å²) in [5, 5.41) is 4.03. The zero-order valence-electron chi connectivity index (χ0n) is 13.8. The molecular formula is C16H23Cl2N3O2S. The highest BCUT2D eigenvalue weighted by molar-refractivity contribution is 7.89. The third-order valence-electron chi connectivity index (χ3n) is 4.92. The molecule has 1 N–H and O–H groups in total. The van der Waals surface area contributed by atoms with Gasteiger partial charge in [-0.3, -0.25) is 0 Å². The summed E-state index contributed by atoms with van der Waals surface area (Å²) in [6.07, 6.45) is 1.18. The van der Waals surface area contributed by atoms with Gasteiger partial charge in [-0.25, -0.2) is 8.42 Å². The molecule has 3 rings (SSSR count). The van der Waals surface area contributed by atoms with Crippen LogP contribution in [-0.4, -0.2) is 63.4 Å². The Morgan fingerprint density at radius 2 is 1.88 bits per heavy atom. The fraction of sp³-hybridized carbons (Fsp3) is 0.625. The van der Waals surface area contributed by atoms with E-state index in [1.165, 1.54) is 28.9 Å². The number of hydrogen-bond donors (Lipinski definition) is 1. The van der Waals surface area contributed by atoms with Gasteiger partial charge in [0.25, 0.3) is 0 Å². The van der Waals surface area contributed by atoms with Crippen molar-refractivity contribution in [2.75, 3.05) is 45.8 Å². The van der Waals surface area contributed by atoms with Crippen molar-refractivity contribution in [3.05, 3.63) is 28.2 Å². The Labute approximate surface area is 154 Å². The molecule has 1 unspecified atom stereocenters. The van der Waals surface area contributed by atoms with Gasteiger partial charge in [0.2, 0.25) is 10.0 Å². The largest absolute Gasteiger partial charge is 0.316 e. The van der Waals surface area contributed by atoms with Crippen LogP contribution in [-0.2, 0) is 10.0 Å². The van der Waals surface area contributed by atoms with Gasteiger partial charge in [0.05, 0.1) is 14.9 Å². The van der Waals surface area contributed by atoms with Gasteiger partial charge < -0.3 is 10.2 Å². The molecule has 24 heavy (non-hydrogen) atoms. The van der Waals surface area contributed by atoms with Crippen molar-refractivity contribution in [1.29, 1.82) is 0 Å². The Morgan fingerprint density at radius 3 is 2.46 bits per heavy atom. The molecule has 0 radical (unpaired) electrons. The first kappa shape index (κ1) is 18.4. The summed E-state index contributed by atoms with van der Waals surface area (Å²) in [7, 11) is -3.52. The predicted molar refractivity (Wildman–Crippen MR) is 97.3 cm³/mol. The summed E-state index contributed by atoms with van der Waals surface area (Å²) in [6.45, 7) is 7.95. The third kappa shape index (κ3) is 3.89. The zero-order valence-corrected chi connectivity index (χ0v) is 16.1. The number of nitrogens with one attached hydrogen (secondary N) is 1. The van der Waals surface area contributed by atoms with Gasteiger partial charge in [0.15, 0.2) is 0 Å². The molecule has 134 valence electrons. The van der Waals surface area contributed by atoms with E-state index >= 15 is 0 Å². The van der Waals surface area contributed by atoms with Crippen LogP contribution in [0.4, 0.5) is 0 Å². The number of nitrogens with zero attached hydrogens (tertiary/aromatic N) is 2. The molecule has 1 aromatic carbocycles. The van der Waals surface area contributed by atoms with Crippen LogP contribution in [0.25, 0.3) is 0 Å².